The van der Waals surface area contributed by atoms with Crippen molar-refractivity contribution in [1.29, 1.82) is 5.26 Å². The van der Waals surface area contributed by atoms with Crippen molar-refractivity contribution in [2.45, 2.75) is 4.21 Å². The second-order valence-electron chi connectivity index (χ2n) is 3.76. The van der Waals surface area contributed by atoms with Crippen molar-refractivity contribution in [3.05, 3.63) is 50.3 Å². The third-order valence-corrected chi connectivity index (χ3v) is 5.53. The summed E-state index contributed by atoms with van der Waals surface area (Å²) >= 11 is 6.45. The van der Waals surface area contributed by atoms with Gasteiger partial charge in [0.25, 0.3) is 15.7 Å². The van der Waals surface area contributed by atoms with E-state index in [0.717, 1.165) is 17.4 Å². The van der Waals surface area contributed by atoms with Crippen LogP contribution in [0, 0.1) is 21.4 Å². The molecule has 0 bridgehead atoms. The second kappa shape index (κ2) is 5.69. The number of nitro benzene ring substituents is 1. The Balaban J connectivity index is 2.35. The Morgan fingerprint density at radius 1 is 1.33 bits per heavy atom. The summed E-state index contributed by atoms with van der Waals surface area (Å²) in [6, 6.07) is 8.07. The first-order valence-electron chi connectivity index (χ1n) is 5.30. The van der Waals surface area contributed by atoms with Crippen LogP contribution in [0.15, 0.2) is 34.5 Å². The Morgan fingerprint density at radius 3 is 2.62 bits per heavy atom. The molecule has 2 aromatic rings. The molecular weight excluding hydrogens is 338 g/mol. The Kier molecular flexibility index (Phi) is 4.13. The third kappa shape index (κ3) is 3.30. The van der Waals surface area contributed by atoms with Gasteiger partial charge in [0.1, 0.15) is 20.2 Å². The van der Waals surface area contributed by atoms with Gasteiger partial charge in [-0.1, -0.05) is 11.6 Å². The van der Waals surface area contributed by atoms with Gasteiger partial charge in [-0.15, -0.1) is 11.3 Å². The summed E-state index contributed by atoms with van der Waals surface area (Å²) in [5.74, 6) is 0. The average molecular weight is 344 g/mol. The van der Waals surface area contributed by atoms with Gasteiger partial charge in [0.05, 0.1) is 10.6 Å². The van der Waals surface area contributed by atoms with E-state index < -0.39 is 20.6 Å². The van der Waals surface area contributed by atoms with E-state index in [-0.39, 0.29) is 19.8 Å². The molecular formula is C11H6ClN3O4S2. The van der Waals surface area contributed by atoms with Gasteiger partial charge in [0.15, 0.2) is 0 Å². The standard InChI is InChI=1S/C11H6ClN3O4S2/c12-9-3-1-7(5-10(9)15(16)17)14-21(18,19)11-4-2-8(6-13)20-11/h1-5,14H. The zero-order valence-electron chi connectivity index (χ0n) is 10.1. The first-order chi connectivity index (χ1) is 9.83. The van der Waals surface area contributed by atoms with Gasteiger partial charge in [-0.25, -0.2) is 8.42 Å². The number of nitro groups is 1. The summed E-state index contributed by atoms with van der Waals surface area (Å²) in [7, 11) is -3.91. The molecule has 0 radical (unpaired) electrons. The van der Waals surface area contributed by atoms with Crippen LogP contribution in [-0.4, -0.2) is 13.3 Å². The molecule has 0 aliphatic carbocycles. The van der Waals surface area contributed by atoms with Crippen molar-refractivity contribution >= 4 is 44.3 Å². The van der Waals surface area contributed by atoms with Crippen LogP contribution < -0.4 is 4.72 Å². The summed E-state index contributed by atoms with van der Waals surface area (Å²) < 4.78 is 26.3. The van der Waals surface area contributed by atoms with E-state index in [2.05, 4.69) is 4.72 Å². The molecule has 7 nitrogen and oxygen atoms in total. The maximum atomic E-state index is 12.1. The number of rotatable bonds is 4. The topological polar surface area (TPSA) is 113 Å². The molecule has 0 saturated heterocycles. The Morgan fingerprint density at radius 2 is 2.05 bits per heavy atom. The SMILES string of the molecule is N#Cc1ccc(S(=O)(=O)Nc2ccc(Cl)c([N+](=O)[O-])c2)s1. The summed E-state index contributed by atoms with van der Waals surface area (Å²) in [6.07, 6.45) is 0. The molecule has 108 valence electrons. The van der Waals surface area contributed by atoms with Gasteiger partial charge in [0, 0.05) is 6.07 Å². The van der Waals surface area contributed by atoms with Crippen molar-refractivity contribution in [3.8, 4) is 6.07 Å². The van der Waals surface area contributed by atoms with Crippen LogP contribution in [0.25, 0.3) is 0 Å². The number of nitrogens with one attached hydrogen (secondary N) is 1. The molecule has 0 atom stereocenters. The lowest BCUT2D eigenvalue weighted by molar-refractivity contribution is -0.384. The van der Waals surface area contributed by atoms with E-state index in [1.54, 1.807) is 0 Å². The van der Waals surface area contributed by atoms with Crippen LogP contribution in [0.1, 0.15) is 4.88 Å². The normalized spacial score (nSPS) is 10.9. The molecule has 1 heterocycles. The lowest BCUT2D eigenvalue weighted by atomic mass is 10.3. The van der Waals surface area contributed by atoms with Gasteiger partial charge in [-0.2, -0.15) is 5.26 Å². The van der Waals surface area contributed by atoms with E-state index >= 15 is 0 Å². The summed E-state index contributed by atoms with van der Waals surface area (Å²) in [6.45, 7) is 0. The van der Waals surface area contributed by atoms with E-state index in [0.29, 0.717) is 0 Å². The minimum absolute atomic E-state index is 0.0120. The van der Waals surface area contributed by atoms with Crippen LogP contribution >= 0.6 is 22.9 Å². The Labute approximate surface area is 128 Å². The van der Waals surface area contributed by atoms with Crippen LogP contribution in [0.5, 0.6) is 0 Å². The number of halogens is 1. The number of benzene rings is 1. The number of hydrogen-bond acceptors (Lipinski definition) is 6. The monoisotopic (exact) mass is 343 g/mol. The van der Waals surface area contributed by atoms with Crippen molar-refractivity contribution in [2.75, 3.05) is 4.72 Å². The van der Waals surface area contributed by atoms with E-state index in [9.17, 15) is 18.5 Å². The number of nitriles is 1. The molecule has 0 unspecified atom stereocenters. The van der Waals surface area contributed by atoms with Crippen LogP contribution in [0.2, 0.25) is 5.02 Å². The summed E-state index contributed by atoms with van der Waals surface area (Å²) in [4.78, 5) is 10.3. The maximum absolute atomic E-state index is 12.1. The predicted octanol–water partition coefficient (Wildman–Crippen LogP) is 2.98. The molecule has 1 N–H and O–H groups in total. The smallest absolute Gasteiger partial charge is 0.279 e. The molecule has 0 spiro atoms. The maximum Gasteiger partial charge on any atom is 0.289 e. The highest BCUT2D eigenvalue weighted by atomic mass is 35.5. The minimum Gasteiger partial charge on any atom is -0.279 e. The fourth-order valence-corrected chi connectivity index (χ4v) is 3.79. The minimum atomic E-state index is -3.91. The number of hydrogen-bond donors (Lipinski definition) is 1. The average Bonchev–Trinajstić information content (AvgIpc) is 2.90. The molecule has 10 heteroatoms. The van der Waals surface area contributed by atoms with Gasteiger partial charge in [0.2, 0.25) is 0 Å². The quantitative estimate of drug-likeness (QED) is 0.677. The van der Waals surface area contributed by atoms with Crippen LogP contribution in [-0.2, 0) is 10.0 Å². The Bertz CT molecular complexity index is 855. The molecule has 1 aromatic heterocycles. The van der Waals surface area contributed by atoms with Crippen LogP contribution in [0.3, 0.4) is 0 Å². The molecule has 0 amide bonds. The Hall–Kier alpha value is -2.15. The number of sulfonamides is 1. The molecule has 1 aromatic carbocycles. The summed E-state index contributed by atoms with van der Waals surface area (Å²) in [5.41, 5.74) is -0.390. The number of thiophene rings is 1. The van der Waals surface area contributed by atoms with E-state index in [1.165, 1.54) is 24.3 Å². The number of anilines is 1. The van der Waals surface area contributed by atoms with Crippen molar-refractivity contribution < 1.29 is 13.3 Å². The highest BCUT2D eigenvalue weighted by molar-refractivity contribution is 7.94. The molecule has 0 saturated carbocycles. The third-order valence-electron chi connectivity index (χ3n) is 2.35. The molecule has 0 fully saturated rings. The second-order valence-corrected chi connectivity index (χ2v) is 7.16. The van der Waals surface area contributed by atoms with Gasteiger partial charge in [-0.3, -0.25) is 14.8 Å². The lowest BCUT2D eigenvalue weighted by Gasteiger charge is -2.06. The van der Waals surface area contributed by atoms with Crippen molar-refractivity contribution in [3.63, 3.8) is 0 Å². The fraction of sp³-hybridized carbons (Fsp3) is 0. The molecule has 2 rings (SSSR count). The molecule has 21 heavy (non-hydrogen) atoms. The highest BCUT2D eigenvalue weighted by Crippen LogP contribution is 2.29. The van der Waals surface area contributed by atoms with Gasteiger partial charge < -0.3 is 0 Å². The van der Waals surface area contributed by atoms with Crippen molar-refractivity contribution in [1.82, 2.24) is 0 Å². The van der Waals surface area contributed by atoms with Crippen LogP contribution in [0.4, 0.5) is 11.4 Å². The summed E-state index contributed by atoms with van der Waals surface area (Å²) in [5, 5.41) is 19.4. The zero-order valence-corrected chi connectivity index (χ0v) is 12.5. The van der Waals surface area contributed by atoms with Crippen molar-refractivity contribution in [2.24, 2.45) is 0 Å². The number of nitrogens with zero attached hydrogens (tertiary/aromatic N) is 2. The molecule has 0 aliphatic rings. The van der Waals surface area contributed by atoms with Gasteiger partial charge >= 0.3 is 0 Å². The largest absolute Gasteiger partial charge is 0.289 e. The van der Waals surface area contributed by atoms with Gasteiger partial charge in [-0.05, 0) is 24.3 Å². The highest BCUT2D eigenvalue weighted by Gasteiger charge is 2.19. The lowest BCUT2D eigenvalue weighted by Crippen LogP contribution is -2.11. The van der Waals surface area contributed by atoms with E-state index in [1.807, 2.05) is 6.07 Å². The first kappa shape index (κ1) is 15.2. The molecule has 0 aliphatic heterocycles. The zero-order chi connectivity index (χ0) is 15.6. The van der Waals surface area contributed by atoms with E-state index in [4.69, 9.17) is 16.9 Å². The predicted molar refractivity (Wildman–Crippen MR) is 77.9 cm³/mol. The fourth-order valence-electron chi connectivity index (χ4n) is 1.45. The first-order valence-corrected chi connectivity index (χ1v) is 7.98.